The van der Waals surface area contributed by atoms with E-state index in [4.69, 9.17) is 0 Å². The van der Waals surface area contributed by atoms with Gasteiger partial charge in [-0.1, -0.05) is 68.9 Å². The van der Waals surface area contributed by atoms with Crippen LogP contribution in [-0.4, -0.2) is 8.07 Å². The summed E-state index contributed by atoms with van der Waals surface area (Å²) < 4.78 is 0. The molecular formula is C18H27NaOSi. The topological polar surface area (TPSA) is 23.1 Å². The first-order chi connectivity index (χ1) is 9.30. The predicted octanol–water partition coefficient (Wildman–Crippen LogP) is 0.752. The van der Waals surface area contributed by atoms with Crippen molar-refractivity contribution in [2.24, 2.45) is 23.2 Å². The largest absolute Gasteiger partial charge is 1.00 e. The first-order valence-corrected chi connectivity index (χ1v) is 11.3. The number of rotatable bonds is 3. The standard InChI is InChI=1S/C18H28OSi.Na/c1-18(2)14-6-5-13(17(18)11-14)12-20(3,4)16-9-7-15(19)8-10-16;/h7-10,13-14,17,19H,5-6,11-12H2,1-4H3;/q;+1/p-1. The molecule has 0 amide bonds. The SMILES string of the molecule is CC1(C)C2CCC(C[Si](C)(C)c3ccc([O-])cc3)C1C2.[Na+]. The van der Waals surface area contributed by atoms with Gasteiger partial charge in [-0.25, -0.2) is 0 Å². The van der Waals surface area contributed by atoms with Crippen LogP contribution in [0.4, 0.5) is 0 Å². The average molecular weight is 310 g/mol. The molecule has 2 bridgehead atoms. The van der Waals surface area contributed by atoms with Gasteiger partial charge in [-0.2, -0.15) is 0 Å². The maximum Gasteiger partial charge on any atom is 1.00 e. The molecule has 1 aromatic rings. The Labute approximate surface area is 152 Å². The summed E-state index contributed by atoms with van der Waals surface area (Å²) in [5, 5.41) is 12.8. The fourth-order valence-electron chi connectivity index (χ4n) is 4.89. The van der Waals surface area contributed by atoms with Gasteiger partial charge in [-0.3, -0.25) is 0 Å². The van der Waals surface area contributed by atoms with Crippen molar-refractivity contribution in [1.82, 2.24) is 0 Å². The Morgan fingerprint density at radius 2 is 1.76 bits per heavy atom. The molecule has 1 nitrogen and oxygen atoms in total. The van der Waals surface area contributed by atoms with Crippen molar-refractivity contribution < 1.29 is 34.7 Å². The number of fused-ring (bicyclic) bond motifs is 2. The van der Waals surface area contributed by atoms with Crippen molar-refractivity contribution in [3.8, 4) is 5.75 Å². The van der Waals surface area contributed by atoms with Crippen LogP contribution in [0.25, 0.3) is 0 Å². The van der Waals surface area contributed by atoms with Crippen LogP contribution < -0.4 is 39.9 Å². The van der Waals surface area contributed by atoms with Gasteiger partial charge < -0.3 is 5.11 Å². The fourth-order valence-corrected chi connectivity index (χ4v) is 7.99. The summed E-state index contributed by atoms with van der Waals surface area (Å²) in [7, 11) is -1.41. The van der Waals surface area contributed by atoms with Gasteiger partial charge in [-0.05, 0) is 36.0 Å². The van der Waals surface area contributed by atoms with E-state index in [-0.39, 0.29) is 35.3 Å². The van der Waals surface area contributed by atoms with Crippen molar-refractivity contribution in [1.29, 1.82) is 0 Å². The third-order valence-electron chi connectivity index (χ3n) is 6.41. The Hall–Kier alpha value is 0.237. The van der Waals surface area contributed by atoms with Crippen LogP contribution in [0.15, 0.2) is 24.3 Å². The molecule has 0 N–H and O–H groups in total. The molecule has 3 heteroatoms. The van der Waals surface area contributed by atoms with E-state index in [9.17, 15) is 5.11 Å². The fraction of sp³-hybridized carbons (Fsp3) is 0.667. The molecule has 0 spiro atoms. The molecular weight excluding hydrogens is 283 g/mol. The first kappa shape index (κ1) is 17.6. The van der Waals surface area contributed by atoms with Crippen molar-refractivity contribution in [3.05, 3.63) is 24.3 Å². The van der Waals surface area contributed by atoms with Gasteiger partial charge in [0.2, 0.25) is 0 Å². The third-order valence-corrected chi connectivity index (χ3v) is 9.85. The molecule has 3 saturated carbocycles. The van der Waals surface area contributed by atoms with Crippen molar-refractivity contribution in [2.75, 3.05) is 0 Å². The predicted molar refractivity (Wildman–Crippen MR) is 85.9 cm³/mol. The summed E-state index contributed by atoms with van der Waals surface area (Å²) in [5.41, 5.74) is 0.590. The molecule has 1 aromatic carbocycles. The zero-order valence-corrected chi connectivity index (χ0v) is 17.3. The van der Waals surface area contributed by atoms with E-state index in [1.54, 1.807) is 12.1 Å². The molecule has 3 aliphatic carbocycles. The summed E-state index contributed by atoms with van der Waals surface area (Å²) >= 11 is 0. The van der Waals surface area contributed by atoms with Crippen molar-refractivity contribution >= 4 is 13.3 Å². The van der Waals surface area contributed by atoms with E-state index < -0.39 is 8.07 Å². The minimum Gasteiger partial charge on any atom is -0.872 e. The molecule has 3 aliphatic rings. The summed E-state index contributed by atoms with van der Waals surface area (Å²) in [6.07, 6.45) is 4.36. The van der Waals surface area contributed by atoms with Crippen LogP contribution in [0.2, 0.25) is 19.1 Å². The second-order valence-electron chi connectivity index (χ2n) is 8.31. The third kappa shape index (κ3) is 3.15. The number of hydrogen-bond donors (Lipinski definition) is 0. The summed E-state index contributed by atoms with van der Waals surface area (Å²) in [5.74, 6) is 3.00. The second-order valence-corrected chi connectivity index (χ2v) is 13.1. The number of benzene rings is 1. The molecule has 110 valence electrons. The molecule has 0 aromatic heterocycles. The summed E-state index contributed by atoms with van der Waals surface area (Å²) in [6.45, 7) is 9.92. The molecule has 3 unspecified atom stereocenters. The normalized spacial score (nSPS) is 30.2. The Bertz CT molecular complexity index is 492. The van der Waals surface area contributed by atoms with Gasteiger partial charge in [0.15, 0.2) is 0 Å². The van der Waals surface area contributed by atoms with E-state index in [0.717, 1.165) is 17.8 Å². The molecule has 0 saturated heterocycles. The van der Waals surface area contributed by atoms with Gasteiger partial charge in [0.1, 0.15) is 0 Å². The van der Waals surface area contributed by atoms with Crippen LogP contribution in [-0.2, 0) is 0 Å². The minimum atomic E-state index is -1.41. The van der Waals surface area contributed by atoms with Gasteiger partial charge in [0.05, 0.1) is 8.07 Å². The molecule has 4 rings (SSSR count). The van der Waals surface area contributed by atoms with Crippen molar-refractivity contribution in [3.63, 3.8) is 0 Å². The van der Waals surface area contributed by atoms with Crippen LogP contribution in [0.5, 0.6) is 5.75 Å². The van der Waals surface area contributed by atoms with Gasteiger partial charge in [0, 0.05) is 0 Å². The second kappa shape index (κ2) is 6.03. The number of hydrogen-bond acceptors (Lipinski definition) is 1. The Morgan fingerprint density at radius 1 is 1.14 bits per heavy atom. The first-order valence-electron chi connectivity index (χ1n) is 8.08. The molecule has 21 heavy (non-hydrogen) atoms. The summed E-state index contributed by atoms with van der Waals surface area (Å²) in [4.78, 5) is 0. The van der Waals surface area contributed by atoms with E-state index >= 15 is 0 Å². The maximum atomic E-state index is 11.3. The molecule has 0 aliphatic heterocycles. The molecule has 0 heterocycles. The van der Waals surface area contributed by atoms with Crippen molar-refractivity contribution in [2.45, 2.75) is 52.2 Å². The zero-order valence-electron chi connectivity index (χ0n) is 14.3. The van der Waals surface area contributed by atoms with E-state index in [1.165, 1.54) is 30.5 Å². The van der Waals surface area contributed by atoms with Crippen LogP contribution in [0.1, 0.15) is 33.1 Å². The van der Waals surface area contributed by atoms with Crippen LogP contribution >= 0.6 is 0 Å². The Balaban J connectivity index is 0.00000161. The van der Waals surface area contributed by atoms with E-state index in [2.05, 4.69) is 39.1 Å². The average Bonchev–Trinajstić information content (AvgIpc) is 2.38. The Kier molecular flexibility index (Phi) is 5.05. The molecule has 3 atom stereocenters. The Morgan fingerprint density at radius 3 is 2.29 bits per heavy atom. The molecule has 3 fully saturated rings. The van der Waals surface area contributed by atoms with E-state index in [0.29, 0.717) is 5.41 Å². The van der Waals surface area contributed by atoms with E-state index in [1.807, 2.05) is 0 Å². The quantitative estimate of drug-likeness (QED) is 0.756. The minimum absolute atomic E-state index is 0. The zero-order chi connectivity index (χ0) is 14.5. The maximum absolute atomic E-state index is 11.3. The van der Waals surface area contributed by atoms with Gasteiger partial charge >= 0.3 is 29.6 Å². The van der Waals surface area contributed by atoms with Gasteiger partial charge in [-0.15, -0.1) is 5.75 Å². The van der Waals surface area contributed by atoms with Crippen LogP contribution in [0.3, 0.4) is 0 Å². The summed E-state index contributed by atoms with van der Waals surface area (Å²) in [6, 6.07) is 9.06. The van der Waals surface area contributed by atoms with Crippen LogP contribution in [0, 0.1) is 23.2 Å². The monoisotopic (exact) mass is 310 g/mol. The smallest absolute Gasteiger partial charge is 0.872 e. The molecule has 0 radical (unpaired) electrons. The van der Waals surface area contributed by atoms with Gasteiger partial charge in [0.25, 0.3) is 0 Å².